The predicted molar refractivity (Wildman–Crippen MR) is 63.6 cm³/mol. The Bertz CT molecular complexity index is 349. The van der Waals surface area contributed by atoms with Gasteiger partial charge in [-0.3, -0.25) is 0 Å². The molecule has 4 atom stereocenters. The SMILES string of the molecule is CCOC(=O)/C=C/[C@H]1O[C@@H]2OC(C)(C)O[C@@H]2[C@@H]1C. The molecule has 2 aliphatic rings. The van der Waals surface area contributed by atoms with Gasteiger partial charge in [0.1, 0.15) is 6.10 Å². The van der Waals surface area contributed by atoms with Crippen LogP contribution < -0.4 is 0 Å². The normalized spacial score (nSPS) is 38.0. The van der Waals surface area contributed by atoms with Crippen LogP contribution in [0.15, 0.2) is 12.2 Å². The summed E-state index contributed by atoms with van der Waals surface area (Å²) >= 11 is 0. The van der Waals surface area contributed by atoms with Gasteiger partial charge in [-0.15, -0.1) is 0 Å². The minimum atomic E-state index is -0.598. The van der Waals surface area contributed by atoms with Crippen LogP contribution in [0.4, 0.5) is 0 Å². The molecule has 102 valence electrons. The summed E-state index contributed by atoms with van der Waals surface area (Å²) in [4.78, 5) is 11.2. The van der Waals surface area contributed by atoms with Crippen LogP contribution in [0, 0.1) is 5.92 Å². The molecular formula is C13H20O5. The molecule has 0 unspecified atom stereocenters. The van der Waals surface area contributed by atoms with Crippen LogP contribution in [0.25, 0.3) is 0 Å². The molecule has 2 saturated heterocycles. The second-order valence-electron chi connectivity index (χ2n) is 5.04. The van der Waals surface area contributed by atoms with Crippen LogP contribution in [0.2, 0.25) is 0 Å². The van der Waals surface area contributed by atoms with Gasteiger partial charge in [0.05, 0.1) is 12.7 Å². The van der Waals surface area contributed by atoms with E-state index in [1.165, 1.54) is 6.08 Å². The summed E-state index contributed by atoms with van der Waals surface area (Å²) in [5.41, 5.74) is 0. The highest BCUT2D eigenvalue weighted by molar-refractivity contribution is 5.81. The topological polar surface area (TPSA) is 54.0 Å². The van der Waals surface area contributed by atoms with Crippen LogP contribution in [0.5, 0.6) is 0 Å². The Labute approximate surface area is 107 Å². The number of carbonyl (C=O) groups is 1. The summed E-state index contributed by atoms with van der Waals surface area (Å²) in [6.45, 7) is 7.90. The van der Waals surface area contributed by atoms with Crippen LogP contribution in [-0.4, -0.2) is 36.9 Å². The lowest BCUT2D eigenvalue weighted by Crippen LogP contribution is -2.27. The first-order chi connectivity index (χ1) is 8.43. The van der Waals surface area contributed by atoms with Crippen molar-refractivity contribution in [3.63, 3.8) is 0 Å². The highest BCUT2D eigenvalue weighted by Gasteiger charge is 2.52. The second-order valence-corrected chi connectivity index (χ2v) is 5.04. The van der Waals surface area contributed by atoms with E-state index >= 15 is 0 Å². The maximum Gasteiger partial charge on any atom is 0.330 e. The van der Waals surface area contributed by atoms with Crippen LogP contribution >= 0.6 is 0 Å². The number of hydrogen-bond donors (Lipinski definition) is 0. The molecule has 2 rings (SSSR count). The first-order valence-electron chi connectivity index (χ1n) is 6.29. The third kappa shape index (κ3) is 2.74. The summed E-state index contributed by atoms with van der Waals surface area (Å²) in [6, 6.07) is 0. The molecule has 0 saturated carbocycles. The molecule has 5 nitrogen and oxygen atoms in total. The van der Waals surface area contributed by atoms with Gasteiger partial charge in [-0.1, -0.05) is 6.92 Å². The van der Waals surface area contributed by atoms with E-state index in [4.69, 9.17) is 18.9 Å². The van der Waals surface area contributed by atoms with Gasteiger partial charge in [-0.05, 0) is 26.8 Å². The van der Waals surface area contributed by atoms with Gasteiger partial charge in [-0.25, -0.2) is 4.79 Å². The fraction of sp³-hybridized carbons (Fsp3) is 0.769. The molecule has 0 amide bonds. The molecule has 18 heavy (non-hydrogen) atoms. The van der Waals surface area contributed by atoms with Gasteiger partial charge in [-0.2, -0.15) is 0 Å². The first-order valence-corrected chi connectivity index (χ1v) is 6.29. The van der Waals surface area contributed by atoms with E-state index in [1.807, 2.05) is 20.8 Å². The summed E-state index contributed by atoms with van der Waals surface area (Å²) in [5, 5.41) is 0. The molecule has 2 heterocycles. The molecule has 5 heteroatoms. The van der Waals surface area contributed by atoms with Crippen LogP contribution in [-0.2, 0) is 23.7 Å². The average molecular weight is 256 g/mol. The number of hydrogen-bond acceptors (Lipinski definition) is 5. The third-order valence-electron chi connectivity index (χ3n) is 3.12. The molecular weight excluding hydrogens is 236 g/mol. The van der Waals surface area contributed by atoms with E-state index in [0.717, 1.165) is 0 Å². The number of carbonyl (C=O) groups excluding carboxylic acids is 1. The average Bonchev–Trinajstić information content (AvgIpc) is 2.71. The van der Waals surface area contributed by atoms with Gasteiger partial charge in [0.25, 0.3) is 0 Å². The van der Waals surface area contributed by atoms with Crippen molar-refractivity contribution >= 4 is 5.97 Å². The zero-order valence-electron chi connectivity index (χ0n) is 11.2. The predicted octanol–water partition coefficient (Wildman–Crippen LogP) is 1.62. The molecule has 0 N–H and O–H groups in total. The fourth-order valence-corrected chi connectivity index (χ4v) is 2.27. The van der Waals surface area contributed by atoms with Gasteiger partial charge < -0.3 is 18.9 Å². The molecule has 0 spiro atoms. The lowest BCUT2D eigenvalue weighted by atomic mass is 10.0. The van der Waals surface area contributed by atoms with E-state index in [1.54, 1.807) is 13.0 Å². The van der Waals surface area contributed by atoms with Crippen molar-refractivity contribution in [2.24, 2.45) is 5.92 Å². The third-order valence-corrected chi connectivity index (χ3v) is 3.12. The minimum Gasteiger partial charge on any atom is -0.463 e. The Hall–Kier alpha value is -0.910. The number of ether oxygens (including phenoxy) is 4. The van der Waals surface area contributed by atoms with E-state index in [2.05, 4.69) is 0 Å². The minimum absolute atomic E-state index is 0.0863. The van der Waals surface area contributed by atoms with E-state index in [-0.39, 0.29) is 30.4 Å². The molecule has 0 bridgehead atoms. The maximum atomic E-state index is 11.2. The smallest absolute Gasteiger partial charge is 0.330 e. The zero-order chi connectivity index (χ0) is 13.3. The highest BCUT2D eigenvalue weighted by Crippen LogP contribution is 2.40. The van der Waals surface area contributed by atoms with Crippen molar-refractivity contribution in [2.45, 2.75) is 52.0 Å². The fourth-order valence-electron chi connectivity index (χ4n) is 2.27. The number of rotatable bonds is 3. The van der Waals surface area contributed by atoms with Crippen molar-refractivity contribution in [1.82, 2.24) is 0 Å². The Kier molecular flexibility index (Phi) is 3.75. The van der Waals surface area contributed by atoms with Gasteiger partial charge in [0.15, 0.2) is 12.1 Å². The zero-order valence-corrected chi connectivity index (χ0v) is 11.2. The van der Waals surface area contributed by atoms with E-state index in [0.29, 0.717) is 6.61 Å². The second kappa shape index (κ2) is 4.99. The van der Waals surface area contributed by atoms with Crippen molar-refractivity contribution < 1.29 is 23.7 Å². The Balaban J connectivity index is 1.93. The van der Waals surface area contributed by atoms with Gasteiger partial charge >= 0.3 is 5.97 Å². The highest BCUT2D eigenvalue weighted by atomic mass is 16.8. The van der Waals surface area contributed by atoms with Crippen molar-refractivity contribution in [3.8, 4) is 0 Å². The molecule has 0 radical (unpaired) electrons. The Morgan fingerprint density at radius 1 is 1.39 bits per heavy atom. The van der Waals surface area contributed by atoms with Crippen molar-refractivity contribution in [2.75, 3.05) is 6.61 Å². The lowest BCUT2D eigenvalue weighted by molar-refractivity contribution is -0.204. The van der Waals surface area contributed by atoms with E-state index < -0.39 is 5.79 Å². The molecule has 0 aromatic heterocycles. The monoisotopic (exact) mass is 256 g/mol. The largest absolute Gasteiger partial charge is 0.463 e. The lowest BCUT2D eigenvalue weighted by Gasteiger charge is -2.22. The van der Waals surface area contributed by atoms with E-state index in [9.17, 15) is 4.79 Å². The first kappa shape index (κ1) is 13.5. The quantitative estimate of drug-likeness (QED) is 0.567. The van der Waals surface area contributed by atoms with Crippen molar-refractivity contribution in [3.05, 3.63) is 12.2 Å². The molecule has 2 fully saturated rings. The van der Waals surface area contributed by atoms with Crippen LogP contribution in [0.3, 0.4) is 0 Å². The Morgan fingerprint density at radius 3 is 2.72 bits per heavy atom. The molecule has 0 aliphatic carbocycles. The van der Waals surface area contributed by atoms with Gasteiger partial charge in [0.2, 0.25) is 0 Å². The maximum absolute atomic E-state index is 11.2. The van der Waals surface area contributed by atoms with Gasteiger partial charge in [0, 0.05) is 12.0 Å². The number of esters is 1. The van der Waals surface area contributed by atoms with Crippen LogP contribution in [0.1, 0.15) is 27.7 Å². The Morgan fingerprint density at radius 2 is 2.11 bits per heavy atom. The molecule has 2 aliphatic heterocycles. The summed E-state index contributed by atoms with van der Waals surface area (Å²) in [6.07, 6.45) is 2.49. The summed E-state index contributed by atoms with van der Waals surface area (Å²) in [7, 11) is 0. The number of fused-ring (bicyclic) bond motifs is 1. The molecule has 0 aromatic rings. The standard InChI is InChI=1S/C13H20O5/c1-5-15-10(14)7-6-9-8(2)11-12(16-9)18-13(3,4)17-11/h6-9,11-12H,5H2,1-4H3/b7-6+/t8-,9-,11-,12-/m1/s1. The van der Waals surface area contributed by atoms with Crippen molar-refractivity contribution in [1.29, 1.82) is 0 Å². The summed E-state index contributed by atoms with van der Waals surface area (Å²) in [5.74, 6) is -0.811. The summed E-state index contributed by atoms with van der Waals surface area (Å²) < 4.78 is 21.9. The molecule has 0 aromatic carbocycles.